The smallest absolute Gasteiger partial charge is 0.320 e. The molecule has 8 nitrogen and oxygen atoms in total. The molecule has 150 valence electrons. The number of hydrogen-bond acceptors (Lipinski definition) is 4. The van der Waals surface area contributed by atoms with E-state index in [4.69, 9.17) is 0 Å². The van der Waals surface area contributed by atoms with E-state index in [1.165, 1.54) is 0 Å². The largest absolute Gasteiger partial charge is 0.480 e. The molecule has 2 heterocycles. The molecule has 9 heteroatoms. The van der Waals surface area contributed by atoms with Crippen molar-refractivity contribution in [3.8, 4) is 0 Å². The van der Waals surface area contributed by atoms with Crippen molar-refractivity contribution in [1.29, 1.82) is 0 Å². The molecule has 0 spiro atoms. The van der Waals surface area contributed by atoms with Crippen LogP contribution in [0.3, 0.4) is 0 Å². The summed E-state index contributed by atoms with van der Waals surface area (Å²) in [6, 6.07) is 13.0. The number of urea groups is 1. The Morgan fingerprint density at radius 1 is 1.28 bits per heavy atom. The van der Waals surface area contributed by atoms with Gasteiger partial charge in [0, 0.05) is 15.9 Å². The predicted octanol–water partition coefficient (Wildman–Crippen LogP) is 3.77. The van der Waals surface area contributed by atoms with E-state index < -0.39 is 11.5 Å². The Kier molecular flexibility index (Phi) is 5.25. The molecule has 0 saturated carbocycles. The zero-order valence-corrected chi connectivity index (χ0v) is 16.4. The van der Waals surface area contributed by atoms with Gasteiger partial charge in [0.15, 0.2) is 5.54 Å². The van der Waals surface area contributed by atoms with Crippen LogP contribution in [-0.2, 0) is 10.3 Å². The summed E-state index contributed by atoms with van der Waals surface area (Å²) in [4.78, 5) is 26.8. The maximum absolute atomic E-state index is 12.4. The third-order valence-corrected chi connectivity index (χ3v) is 7.28. The van der Waals surface area contributed by atoms with Crippen LogP contribution in [0.2, 0.25) is 0 Å². The van der Waals surface area contributed by atoms with Crippen LogP contribution in [0.5, 0.6) is 0 Å². The number of thioether (sulfide) groups is 1. The molecule has 0 aliphatic carbocycles. The summed E-state index contributed by atoms with van der Waals surface area (Å²) in [6.07, 6.45) is 1.48. The van der Waals surface area contributed by atoms with Crippen LogP contribution in [-0.4, -0.2) is 40.2 Å². The Morgan fingerprint density at radius 3 is 2.86 bits per heavy atom. The molecule has 2 aromatic carbocycles. The third-order valence-electron chi connectivity index (χ3n) is 5.77. The highest BCUT2D eigenvalue weighted by atomic mass is 32.2. The lowest BCUT2D eigenvalue weighted by Gasteiger charge is -2.27. The summed E-state index contributed by atoms with van der Waals surface area (Å²) >= 11 is 1.78. The number of carbonyl (C=O) groups is 2. The molecular formula is C20H21N5O3S. The lowest BCUT2D eigenvalue weighted by molar-refractivity contribution is -0.144. The predicted molar refractivity (Wildman–Crippen MR) is 112 cm³/mol. The number of fused-ring (bicyclic) bond motifs is 2. The Labute approximate surface area is 171 Å². The van der Waals surface area contributed by atoms with Crippen LogP contribution in [0, 0.1) is 0 Å². The van der Waals surface area contributed by atoms with Crippen molar-refractivity contribution in [1.82, 2.24) is 10.6 Å². The fourth-order valence-corrected chi connectivity index (χ4v) is 5.91. The number of benzene rings is 2. The van der Waals surface area contributed by atoms with E-state index in [9.17, 15) is 20.2 Å². The van der Waals surface area contributed by atoms with Gasteiger partial charge in [-0.15, -0.1) is 0 Å². The molecule has 2 aromatic rings. The number of nitrogens with zero attached hydrogens (tertiary/aromatic N) is 3. The van der Waals surface area contributed by atoms with Gasteiger partial charge in [-0.25, -0.2) is 4.79 Å². The highest BCUT2D eigenvalue weighted by Crippen LogP contribution is 2.39. The molecule has 2 fully saturated rings. The summed E-state index contributed by atoms with van der Waals surface area (Å²) in [5.41, 5.74) is 8.02. The fourth-order valence-electron chi connectivity index (χ4n) is 4.37. The summed E-state index contributed by atoms with van der Waals surface area (Å²) in [5, 5.41) is 21.7. The van der Waals surface area contributed by atoms with Gasteiger partial charge in [-0.1, -0.05) is 54.0 Å². The van der Waals surface area contributed by atoms with Crippen LogP contribution >= 0.6 is 11.8 Å². The molecule has 2 saturated heterocycles. The van der Waals surface area contributed by atoms with Gasteiger partial charge in [0.25, 0.3) is 0 Å². The van der Waals surface area contributed by atoms with E-state index >= 15 is 0 Å². The summed E-state index contributed by atoms with van der Waals surface area (Å²) < 4.78 is 0. The summed E-state index contributed by atoms with van der Waals surface area (Å²) in [5.74, 6) is -0.308. The zero-order chi connectivity index (χ0) is 20.4. The van der Waals surface area contributed by atoms with E-state index in [0.29, 0.717) is 12.0 Å². The van der Waals surface area contributed by atoms with Crippen molar-refractivity contribution in [3.05, 3.63) is 58.5 Å². The molecule has 4 rings (SSSR count). The lowest BCUT2D eigenvalue weighted by atomic mass is 9.82. The number of carboxylic acid groups (broad SMARTS) is 1. The van der Waals surface area contributed by atoms with Crippen molar-refractivity contribution < 1.29 is 14.7 Å². The number of carboxylic acids is 1. The number of nitrogens with one attached hydrogen (secondary N) is 2. The van der Waals surface area contributed by atoms with E-state index in [0.717, 1.165) is 22.9 Å². The van der Waals surface area contributed by atoms with Gasteiger partial charge in [0.05, 0.1) is 12.1 Å². The van der Waals surface area contributed by atoms with E-state index in [1.807, 2.05) is 30.3 Å². The molecule has 2 aliphatic rings. The van der Waals surface area contributed by atoms with Crippen molar-refractivity contribution in [3.63, 3.8) is 0 Å². The number of aliphatic carboxylic acids is 1. The quantitative estimate of drug-likeness (QED) is 0.277. The summed E-state index contributed by atoms with van der Waals surface area (Å²) in [7, 11) is 0. The Balaban J connectivity index is 1.60. The molecule has 0 bridgehead atoms. The third kappa shape index (κ3) is 3.47. The van der Waals surface area contributed by atoms with E-state index in [1.54, 1.807) is 23.9 Å². The van der Waals surface area contributed by atoms with Crippen LogP contribution < -0.4 is 10.6 Å². The van der Waals surface area contributed by atoms with Gasteiger partial charge < -0.3 is 15.7 Å². The lowest BCUT2D eigenvalue weighted by Crippen LogP contribution is -2.37. The van der Waals surface area contributed by atoms with Crippen molar-refractivity contribution >= 4 is 34.5 Å². The minimum atomic E-state index is -1.67. The van der Waals surface area contributed by atoms with Crippen molar-refractivity contribution in [2.75, 3.05) is 5.75 Å². The molecule has 2 aliphatic heterocycles. The van der Waals surface area contributed by atoms with E-state index in [2.05, 4.69) is 20.7 Å². The Bertz CT molecular complexity index is 999. The minimum absolute atomic E-state index is 0.0590. The summed E-state index contributed by atoms with van der Waals surface area (Å²) in [6.45, 7) is 0. The SMILES string of the molecule is [N-]=[N+]=NC(CCC[C@@H]1SC[C@@H]2NC(=O)N[C@@H]21)(C(=O)O)c1cccc2ccccc12. The molecule has 1 unspecified atom stereocenters. The van der Waals surface area contributed by atoms with Crippen molar-refractivity contribution in [2.24, 2.45) is 5.11 Å². The second kappa shape index (κ2) is 7.85. The first kappa shape index (κ1) is 19.4. The molecule has 0 aromatic heterocycles. The Morgan fingerprint density at radius 2 is 2.07 bits per heavy atom. The normalized spacial score (nSPS) is 24.8. The monoisotopic (exact) mass is 411 g/mol. The molecule has 2 amide bonds. The first-order valence-corrected chi connectivity index (χ1v) is 10.6. The van der Waals surface area contributed by atoms with Gasteiger partial charge in [-0.2, -0.15) is 11.8 Å². The molecular weight excluding hydrogens is 390 g/mol. The Hall–Kier alpha value is -2.90. The van der Waals surface area contributed by atoms with E-state index in [-0.39, 0.29) is 29.8 Å². The average molecular weight is 411 g/mol. The number of rotatable bonds is 7. The first-order valence-electron chi connectivity index (χ1n) is 9.52. The second-order valence-corrected chi connectivity index (χ2v) is 8.67. The number of hydrogen-bond donors (Lipinski definition) is 3. The molecule has 3 N–H and O–H groups in total. The maximum Gasteiger partial charge on any atom is 0.320 e. The van der Waals surface area contributed by atoms with Crippen LogP contribution in [0.1, 0.15) is 24.8 Å². The van der Waals surface area contributed by atoms with Gasteiger partial charge in [0.2, 0.25) is 0 Å². The van der Waals surface area contributed by atoms with Crippen LogP contribution in [0.15, 0.2) is 47.6 Å². The maximum atomic E-state index is 12.4. The molecule has 0 radical (unpaired) electrons. The van der Waals surface area contributed by atoms with Crippen LogP contribution in [0.25, 0.3) is 21.2 Å². The first-order chi connectivity index (χ1) is 14.0. The van der Waals surface area contributed by atoms with Crippen molar-refractivity contribution in [2.45, 2.75) is 42.1 Å². The highest BCUT2D eigenvalue weighted by Gasteiger charge is 2.44. The standard InChI is InChI=1S/C20H21N5O3S/c21-25-24-20(18(26)27,14-8-3-6-12-5-1-2-7-13(12)14)10-4-9-16-17-15(11-29-16)22-19(28)23-17/h1-3,5-8,15-17H,4,9-11H2,(H,26,27)(H2,22,23,28)/t15-,16-,17-,20?/m0/s1. The minimum Gasteiger partial charge on any atom is -0.480 e. The second-order valence-electron chi connectivity index (χ2n) is 7.40. The highest BCUT2D eigenvalue weighted by molar-refractivity contribution is 8.00. The van der Waals surface area contributed by atoms with Gasteiger partial charge in [0.1, 0.15) is 0 Å². The molecule has 4 atom stereocenters. The zero-order valence-electron chi connectivity index (χ0n) is 15.6. The average Bonchev–Trinajstić information content (AvgIpc) is 3.26. The van der Waals surface area contributed by atoms with Gasteiger partial charge in [-0.3, -0.25) is 4.79 Å². The topological polar surface area (TPSA) is 127 Å². The van der Waals surface area contributed by atoms with Gasteiger partial charge >= 0.3 is 12.0 Å². The molecule has 29 heavy (non-hydrogen) atoms. The number of carbonyl (C=O) groups excluding carboxylic acids is 1. The number of azide groups is 1. The van der Waals surface area contributed by atoms with Crippen LogP contribution in [0.4, 0.5) is 4.79 Å². The van der Waals surface area contributed by atoms with Gasteiger partial charge in [-0.05, 0) is 34.7 Å². The number of amides is 2. The fraction of sp³-hybridized carbons (Fsp3) is 0.400.